The Morgan fingerprint density at radius 1 is 1.20 bits per heavy atom. The van der Waals surface area contributed by atoms with E-state index in [1.807, 2.05) is 6.92 Å². The quantitative estimate of drug-likeness (QED) is 0.766. The maximum absolute atomic E-state index is 11.3. The Hall–Kier alpha value is -1.75. The molecule has 0 amide bonds. The summed E-state index contributed by atoms with van der Waals surface area (Å²) in [5, 5.41) is 19.6. The van der Waals surface area contributed by atoms with E-state index < -0.39 is 18.0 Å². The highest BCUT2D eigenvalue weighted by molar-refractivity contribution is 5.71. The van der Waals surface area contributed by atoms with Crippen molar-refractivity contribution in [2.24, 2.45) is 5.92 Å². The molecule has 0 fully saturated rings. The number of hydrogen-bond acceptors (Lipinski definition) is 4. The van der Waals surface area contributed by atoms with Gasteiger partial charge in [-0.1, -0.05) is 19.8 Å². The van der Waals surface area contributed by atoms with Crippen molar-refractivity contribution >= 4 is 5.97 Å². The molecule has 5 heteroatoms. The summed E-state index contributed by atoms with van der Waals surface area (Å²) in [6, 6.07) is 4.95. The Bertz CT molecular complexity index is 422. The van der Waals surface area contributed by atoms with E-state index >= 15 is 0 Å². The van der Waals surface area contributed by atoms with Crippen LogP contribution in [0.25, 0.3) is 0 Å². The highest BCUT2D eigenvalue weighted by Crippen LogP contribution is 2.32. The highest BCUT2D eigenvalue weighted by atomic mass is 16.5. The molecule has 2 atom stereocenters. The maximum atomic E-state index is 11.3. The summed E-state index contributed by atoms with van der Waals surface area (Å²) in [5.74, 6) is -0.768. The molecule has 2 unspecified atom stereocenters. The van der Waals surface area contributed by atoms with Crippen LogP contribution in [0, 0.1) is 5.92 Å². The van der Waals surface area contributed by atoms with Gasteiger partial charge in [-0.15, -0.1) is 0 Å². The third-order valence-corrected chi connectivity index (χ3v) is 3.28. The fourth-order valence-corrected chi connectivity index (χ4v) is 2.07. The first-order valence-corrected chi connectivity index (χ1v) is 6.67. The topological polar surface area (TPSA) is 76.0 Å². The number of benzene rings is 1. The van der Waals surface area contributed by atoms with E-state index in [-0.39, 0.29) is 0 Å². The zero-order valence-corrected chi connectivity index (χ0v) is 12.1. The minimum atomic E-state index is -1.08. The van der Waals surface area contributed by atoms with E-state index in [0.717, 1.165) is 12.8 Å². The van der Waals surface area contributed by atoms with E-state index in [9.17, 15) is 15.0 Å². The lowest BCUT2D eigenvalue weighted by atomic mass is 9.91. The van der Waals surface area contributed by atoms with Crippen LogP contribution in [0.1, 0.15) is 37.9 Å². The summed E-state index contributed by atoms with van der Waals surface area (Å²) in [6.07, 6.45) is 1.00. The van der Waals surface area contributed by atoms with Gasteiger partial charge in [-0.25, -0.2) is 0 Å². The number of aliphatic hydroxyl groups is 1. The highest BCUT2D eigenvalue weighted by Gasteiger charge is 2.28. The number of ether oxygens (including phenoxy) is 2. The number of aliphatic hydroxyl groups excluding tert-OH is 1. The van der Waals surface area contributed by atoms with Gasteiger partial charge >= 0.3 is 5.97 Å². The summed E-state index contributed by atoms with van der Waals surface area (Å²) in [7, 11) is 3.02. The zero-order valence-electron chi connectivity index (χ0n) is 12.1. The van der Waals surface area contributed by atoms with Crippen LogP contribution >= 0.6 is 0 Å². The molecule has 0 spiro atoms. The number of carboxylic acids is 1. The molecule has 2 N–H and O–H groups in total. The molecule has 0 aliphatic carbocycles. The van der Waals surface area contributed by atoms with Gasteiger partial charge in [-0.2, -0.15) is 0 Å². The molecule has 0 saturated heterocycles. The summed E-state index contributed by atoms with van der Waals surface area (Å²) < 4.78 is 10.3. The van der Waals surface area contributed by atoms with Crippen LogP contribution in [0.4, 0.5) is 0 Å². The number of carboxylic acid groups (broad SMARTS) is 1. The molecule has 1 aromatic rings. The molecular formula is C15H22O5. The molecule has 0 aliphatic heterocycles. The Kier molecular flexibility index (Phi) is 6.31. The second kappa shape index (κ2) is 7.75. The predicted octanol–water partition coefficient (Wildman–Crippen LogP) is 2.63. The van der Waals surface area contributed by atoms with E-state index in [1.165, 1.54) is 14.2 Å². The fraction of sp³-hybridized carbons (Fsp3) is 0.533. The van der Waals surface area contributed by atoms with Crippen LogP contribution in [0.5, 0.6) is 11.5 Å². The number of carbonyl (C=O) groups is 1. The van der Waals surface area contributed by atoms with Gasteiger partial charge in [0.05, 0.1) is 26.2 Å². The molecule has 112 valence electrons. The van der Waals surface area contributed by atoms with E-state index in [2.05, 4.69) is 0 Å². The minimum Gasteiger partial charge on any atom is -0.497 e. The van der Waals surface area contributed by atoms with Gasteiger partial charge in [-0.3, -0.25) is 4.79 Å². The van der Waals surface area contributed by atoms with Crippen molar-refractivity contribution < 1.29 is 24.5 Å². The molecule has 20 heavy (non-hydrogen) atoms. The van der Waals surface area contributed by atoms with Crippen molar-refractivity contribution in [3.63, 3.8) is 0 Å². The first-order chi connectivity index (χ1) is 9.53. The maximum Gasteiger partial charge on any atom is 0.309 e. The number of hydrogen-bond donors (Lipinski definition) is 2. The van der Waals surface area contributed by atoms with Gasteiger partial charge in [-0.05, 0) is 24.1 Å². The van der Waals surface area contributed by atoms with Crippen LogP contribution in [-0.2, 0) is 4.79 Å². The number of aliphatic carboxylic acids is 1. The second-order valence-corrected chi connectivity index (χ2v) is 4.68. The number of rotatable bonds is 8. The lowest BCUT2D eigenvalue weighted by Crippen LogP contribution is -2.22. The van der Waals surface area contributed by atoms with Crippen LogP contribution in [0.2, 0.25) is 0 Å². The van der Waals surface area contributed by atoms with Crippen LogP contribution in [0.3, 0.4) is 0 Å². The smallest absolute Gasteiger partial charge is 0.309 e. The van der Waals surface area contributed by atoms with E-state index in [1.54, 1.807) is 18.2 Å². The van der Waals surface area contributed by atoms with E-state index in [0.29, 0.717) is 23.5 Å². The van der Waals surface area contributed by atoms with Gasteiger partial charge in [0.25, 0.3) is 0 Å². The van der Waals surface area contributed by atoms with Crippen molar-refractivity contribution in [3.8, 4) is 11.5 Å². The Balaban J connectivity index is 3.03. The van der Waals surface area contributed by atoms with Crippen molar-refractivity contribution in [2.45, 2.75) is 32.3 Å². The van der Waals surface area contributed by atoms with Gasteiger partial charge in [0.15, 0.2) is 0 Å². The van der Waals surface area contributed by atoms with Gasteiger partial charge in [0.1, 0.15) is 11.5 Å². The predicted molar refractivity (Wildman–Crippen MR) is 75.2 cm³/mol. The lowest BCUT2D eigenvalue weighted by molar-refractivity contribution is -0.146. The molecule has 0 heterocycles. The van der Waals surface area contributed by atoms with Crippen molar-refractivity contribution in [3.05, 3.63) is 23.8 Å². The summed E-state index contributed by atoms with van der Waals surface area (Å²) in [6.45, 7) is 1.99. The number of methoxy groups -OCH3 is 2. The number of unbranched alkanes of at least 4 members (excludes halogenated alkanes) is 1. The van der Waals surface area contributed by atoms with Gasteiger partial charge in [0, 0.05) is 6.07 Å². The first kappa shape index (κ1) is 16.3. The summed E-state index contributed by atoms with van der Waals surface area (Å²) >= 11 is 0. The lowest BCUT2D eigenvalue weighted by Gasteiger charge is -2.20. The monoisotopic (exact) mass is 282 g/mol. The van der Waals surface area contributed by atoms with Crippen LogP contribution < -0.4 is 9.47 Å². The Labute approximate surface area is 119 Å². The molecule has 0 radical (unpaired) electrons. The first-order valence-electron chi connectivity index (χ1n) is 6.67. The Morgan fingerprint density at radius 2 is 1.75 bits per heavy atom. The molecule has 0 aromatic heterocycles. The molecule has 0 saturated carbocycles. The zero-order chi connectivity index (χ0) is 15.1. The normalized spacial score (nSPS) is 13.6. The molecular weight excluding hydrogens is 260 g/mol. The van der Waals surface area contributed by atoms with Crippen molar-refractivity contribution in [2.75, 3.05) is 14.2 Å². The molecule has 1 aromatic carbocycles. The standard InChI is InChI=1S/C15H22O5/c1-4-5-6-13(15(17)18)14(16)10-7-11(19-2)9-12(8-10)20-3/h7-9,13-14,16H,4-6H2,1-3H3,(H,17,18). The van der Waals surface area contributed by atoms with Crippen molar-refractivity contribution in [1.82, 2.24) is 0 Å². The summed E-state index contributed by atoms with van der Waals surface area (Å²) in [4.78, 5) is 11.3. The van der Waals surface area contributed by atoms with Crippen molar-refractivity contribution in [1.29, 1.82) is 0 Å². The Morgan fingerprint density at radius 3 is 2.15 bits per heavy atom. The minimum absolute atomic E-state index is 0.437. The molecule has 5 nitrogen and oxygen atoms in total. The van der Waals surface area contributed by atoms with Crippen LogP contribution in [0.15, 0.2) is 18.2 Å². The average molecular weight is 282 g/mol. The van der Waals surface area contributed by atoms with Crippen LogP contribution in [-0.4, -0.2) is 30.4 Å². The summed E-state index contributed by atoms with van der Waals surface area (Å²) in [5.41, 5.74) is 0.490. The average Bonchev–Trinajstić information content (AvgIpc) is 2.46. The fourth-order valence-electron chi connectivity index (χ4n) is 2.07. The third-order valence-electron chi connectivity index (χ3n) is 3.28. The van der Waals surface area contributed by atoms with Gasteiger partial charge in [0.2, 0.25) is 0 Å². The van der Waals surface area contributed by atoms with Gasteiger partial charge < -0.3 is 19.7 Å². The second-order valence-electron chi connectivity index (χ2n) is 4.68. The molecule has 0 aliphatic rings. The SMILES string of the molecule is CCCCC(C(=O)O)C(O)c1cc(OC)cc(OC)c1. The molecule has 0 bridgehead atoms. The van der Waals surface area contributed by atoms with E-state index in [4.69, 9.17) is 9.47 Å². The molecule has 1 rings (SSSR count). The largest absolute Gasteiger partial charge is 0.497 e. The third kappa shape index (κ3) is 4.13.